The van der Waals surface area contributed by atoms with Gasteiger partial charge < -0.3 is 0 Å². The molecule has 0 aliphatic rings. The Hall–Kier alpha value is 0. The van der Waals surface area contributed by atoms with Gasteiger partial charge in [0.15, 0.2) is 0 Å². The van der Waals surface area contributed by atoms with Crippen LogP contribution in [0.15, 0.2) is 0 Å². The molecule has 0 aromatic heterocycles. The van der Waals surface area contributed by atoms with E-state index in [2.05, 4.69) is 118 Å². The molecule has 0 fully saturated rings. The van der Waals surface area contributed by atoms with Crippen LogP contribution in [0.2, 0.25) is 0 Å². The van der Waals surface area contributed by atoms with E-state index in [1.54, 1.807) is 0 Å². The van der Waals surface area contributed by atoms with Crippen LogP contribution in [-0.2, 0) is 0 Å². The van der Waals surface area contributed by atoms with Crippen molar-refractivity contribution < 1.29 is 0 Å². The van der Waals surface area contributed by atoms with Crippen LogP contribution in [0.1, 0.15) is 124 Å². The van der Waals surface area contributed by atoms with Gasteiger partial charge >= 0.3 is 0 Å². The minimum absolute atomic E-state index is 0.188. The van der Waals surface area contributed by atoms with E-state index in [4.69, 9.17) is 0 Å². The van der Waals surface area contributed by atoms with E-state index >= 15 is 0 Å². The second-order valence-corrected chi connectivity index (χ2v) is 13.4. The van der Waals surface area contributed by atoms with E-state index in [1.807, 2.05) is 0 Å². The van der Waals surface area contributed by atoms with E-state index in [0.717, 1.165) is 0 Å². The minimum Gasteiger partial charge on any atom is -0.0651 e. The lowest BCUT2D eigenvalue weighted by molar-refractivity contribution is -0.172. The molecular formula is C27H56. The molecule has 0 saturated carbocycles. The van der Waals surface area contributed by atoms with E-state index in [-0.39, 0.29) is 32.5 Å². The molecule has 0 rings (SSSR count). The van der Waals surface area contributed by atoms with Gasteiger partial charge in [-0.05, 0) is 50.2 Å². The van der Waals surface area contributed by atoms with Crippen molar-refractivity contribution in [1.29, 1.82) is 0 Å². The lowest BCUT2D eigenvalue weighted by Crippen LogP contribution is -2.59. The number of rotatable bonds is 8. The standard InChI is InChI=1S/C27H56/c1-18-20(4)23(9,10)25(13,14)26(15,16)24(11,12)21(5)27(17,19(2)3)22(6,7)8/h19-21H,18H2,1-17H3. The molecule has 3 unspecified atom stereocenters. The maximum atomic E-state index is 2.55. The molecule has 0 amide bonds. The fourth-order valence-electron chi connectivity index (χ4n) is 6.04. The third-order valence-corrected chi connectivity index (χ3v) is 11.4. The van der Waals surface area contributed by atoms with Gasteiger partial charge in [0.05, 0.1) is 0 Å². The van der Waals surface area contributed by atoms with E-state index in [0.29, 0.717) is 17.8 Å². The van der Waals surface area contributed by atoms with Gasteiger partial charge in [-0.3, -0.25) is 0 Å². The fraction of sp³-hybridized carbons (Fsp3) is 1.00. The summed E-state index contributed by atoms with van der Waals surface area (Å²) in [5.41, 5.74) is 1.41. The lowest BCUT2D eigenvalue weighted by atomic mass is 9.39. The van der Waals surface area contributed by atoms with Crippen LogP contribution in [-0.4, -0.2) is 0 Å². The van der Waals surface area contributed by atoms with Gasteiger partial charge in [-0.25, -0.2) is 0 Å². The molecule has 0 N–H and O–H groups in total. The first-order valence-electron chi connectivity index (χ1n) is 11.6. The molecule has 0 radical (unpaired) electrons. The summed E-state index contributed by atoms with van der Waals surface area (Å²) in [7, 11) is 0. The Balaban J connectivity index is 6.47. The highest BCUT2D eigenvalue weighted by molar-refractivity contribution is 5.08. The van der Waals surface area contributed by atoms with Crippen LogP contribution in [0.3, 0.4) is 0 Å². The largest absolute Gasteiger partial charge is 0.0651 e. The van der Waals surface area contributed by atoms with Crippen LogP contribution < -0.4 is 0 Å². The highest BCUT2D eigenvalue weighted by Gasteiger charge is 2.60. The van der Waals surface area contributed by atoms with Gasteiger partial charge in [0.2, 0.25) is 0 Å². The summed E-state index contributed by atoms with van der Waals surface area (Å²) in [5.74, 6) is 1.96. The Bertz CT molecular complexity index is 481. The molecule has 0 bridgehead atoms. The summed E-state index contributed by atoms with van der Waals surface area (Å²) in [6.07, 6.45) is 1.24. The highest BCUT2D eigenvalue weighted by Crippen LogP contribution is 2.67. The van der Waals surface area contributed by atoms with Gasteiger partial charge in [0.25, 0.3) is 0 Å². The molecule has 0 heteroatoms. The highest BCUT2D eigenvalue weighted by atomic mass is 14.6. The quantitative estimate of drug-likeness (QED) is 0.393. The normalized spacial score (nSPS) is 19.8. The van der Waals surface area contributed by atoms with Crippen molar-refractivity contribution in [2.75, 3.05) is 0 Å². The molecule has 27 heavy (non-hydrogen) atoms. The van der Waals surface area contributed by atoms with Crippen LogP contribution in [0.25, 0.3) is 0 Å². The summed E-state index contributed by atoms with van der Waals surface area (Å²) in [6.45, 7) is 42.4. The Morgan fingerprint density at radius 3 is 1.15 bits per heavy atom. The zero-order valence-electron chi connectivity index (χ0n) is 22.4. The van der Waals surface area contributed by atoms with Gasteiger partial charge in [-0.2, -0.15) is 0 Å². The SMILES string of the molecule is CCC(C)C(C)(C)C(C)(C)C(C)(C)C(C)(C)C(C)C(C)(C(C)C)C(C)(C)C. The van der Waals surface area contributed by atoms with E-state index in [9.17, 15) is 0 Å². The predicted octanol–water partition coefficient (Wildman–Crippen LogP) is 9.48. The predicted molar refractivity (Wildman–Crippen MR) is 126 cm³/mol. The van der Waals surface area contributed by atoms with Crippen molar-refractivity contribution in [2.45, 2.75) is 124 Å². The van der Waals surface area contributed by atoms with Crippen molar-refractivity contribution in [1.82, 2.24) is 0 Å². The molecule has 164 valence electrons. The van der Waals surface area contributed by atoms with Crippen LogP contribution in [0.5, 0.6) is 0 Å². The summed E-state index contributed by atoms with van der Waals surface area (Å²) >= 11 is 0. The molecule has 0 spiro atoms. The van der Waals surface area contributed by atoms with Gasteiger partial charge in [-0.15, -0.1) is 0 Å². The van der Waals surface area contributed by atoms with Gasteiger partial charge in [-0.1, -0.05) is 124 Å². The van der Waals surface area contributed by atoms with Crippen LogP contribution in [0, 0.1) is 50.2 Å². The first-order valence-corrected chi connectivity index (χ1v) is 11.6. The molecule has 3 atom stereocenters. The topological polar surface area (TPSA) is 0 Å². The Morgan fingerprint density at radius 1 is 0.556 bits per heavy atom. The lowest BCUT2D eigenvalue weighted by Gasteiger charge is -2.65. The third kappa shape index (κ3) is 3.90. The zero-order chi connectivity index (χ0) is 22.4. The van der Waals surface area contributed by atoms with Crippen molar-refractivity contribution in [3.05, 3.63) is 0 Å². The smallest absolute Gasteiger partial charge is 0.0223 e. The number of hydrogen-bond acceptors (Lipinski definition) is 0. The summed E-state index contributed by atoms with van der Waals surface area (Å²) in [6, 6.07) is 0. The average Bonchev–Trinajstić information content (AvgIpc) is 2.50. The molecule has 0 saturated heterocycles. The fourth-order valence-corrected chi connectivity index (χ4v) is 6.04. The second-order valence-electron chi connectivity index (χ2n) is 13.4. The van der Waals surface area contributed by atoms with Gasteiger partial charge in [0.1, 0.15) is 0 Å². The molecule has 0 aliphatic carbocycles. The molecule has 0 aromatic carbocycles. The van der Waals surface area contributed by atoms with Crippen molar-refractivity contribution in [3.8, 4) is 0 Å². The van der Waals surface area contributed by atoms with Crippen molar-refractivity contribution in [3.63, 3.8) is 0 Å². The van der Waals surface area contributed by atoms with Crippen LogP contribution in [0.4, 0.5) is 0 Å². The Labute approximate surface area is 174 Å². The number of hydrogen-bond donors (Lipinski definition) is 0. The third-order valence-electron chi connectivity index (χ3n) is 11.4. The Kier molecular flexibility index (Phi) is 7.68. The first-order chi connectivity index (χ1) is 11.6. The minimum atomic E-state index is 0.188. The van der Waals surface area contributed by atoms with Crippen molar-refractivity contribution in [2.24, 2.45) is 50.2 Å². The van der Waals surface area contributed by atoms with E-state index < -0.39 is 0 Å². The maximum absolute atomic E-state index is 2.55. The zero-order valence-corrected chi connectivity index (χ0v) is 22.4. The summed E-state index contributed by atoms with van der Waals surface area (Å²) in [5, 5.41) is 0. The summed E-state index contributed by atoms with van der Waals surface area (Å²) in [4.78, 5) is 0. The molecule has 0 nitrogen and oxygen atoms in total. The second kappa shape index (κ2) is 7.68. The molecular weight excluding hydrogens is 324 g/mol. The average molecular weight is 381 g/mol. The molecule has 0 aromatic rings. The van der Waals surface area contributed by atoms with Crippen molar-refractivity contribution >= 4 is 0 Å². The van der Waals surface area contributed by atoms with E-state index in [1.165, 1.54) is 6.42 Å². The Morgan fingerprint density at radius 2 is 0.889 bits per heavy atom. The maximum Gasteiger partial charge on any atom is -0.0223 e. The summed E-state index contributed by atoms with van der Waals surface area (Å²) < 4.78 is 0. The van der Waals surface area contributed by atoms with Gasteiger partial charge in [0, 0.05) is 0 Å². The molecule has 0 heterocycles. The van der Waals surface area contributed by atoms with Crippen LogP contribution >= 0.6 is 0 Å². The first kappa shape index (κ1) is 27.0. The monoisotopic (exact) mass is 380 g/mol. The molecule has 0 aliphatic heterocycles.